The van der Waals surface area contributed by atoms with Gasteiger partial charge in [0.05, 0.1) is 6.61 Å². The number of hydrogen-bond acceptors (Lipinski definition) is 6. The molecule has 28 heavy (non-hydrogen) atoms. The maximum absolute atomic E-state index is 12.4. The lowest BCUT2D eigenvalue weighted by atomic mass is 9.99. The zero-order valence-corrected chi connectivity index (χ0v) is 15.6. The second kappa shape index (κ2) is 10.7. The van der Waals surface area contributed by atoms with Crippen molar-refractivity contribution >= 4 is 17.7 Å². The summed E-state index contributed by atoms with van der Waals surface area (Å²) in [6.45, 7) is 0.922. The van der Waals surface area contributed by atoms with Crippen molar-refractivity contribution in [1.29, 1.82) is 0 Å². The van der Waals surface area contributed by atoms with Crippen molar-refractivity contribution < 1.29 is 29.4 Å². The molecule has 5 N–H and O–H groups in total. The van der Waals surface area contributed by atoms with Crippen LogP contribution >= 0.6 is 0 Å². The number of hydroxylamine groups is 1. The standard InChI is InChI=1S/C19H21N3O6/c1-19(17(25)20-2,18(26)22-27)21-16(24)14-10-8-13(9-11-14)6-4-5-7-15(12-23)28-3/h8-11,15,23,27H,12H2,1-3H3,(H,20,25)(H,21,24)(H,22,26). The lowest BCUT2D eigenvalue weighted by Crippen LogP contribution is -2.64. The van der Waals surface area contributed by atoms with Gasteiger partial charge in [-0.1, -0.05) is 11.8 Å². The summed E-state index contributed by atoms with van der Waals surface area (Å²) >= 11 is 0. The van der Waals surface area contributed by atoms with Gasteiger partial charge in [0.2, 0.25) is 0 Å². The van der Waals surface area contributed by atoms with E-state index in [1.54, 1.807) is 12.1 Å². The number of carbonyl (C=O) groups is 3. The van der Waals surface area contributed by atoms with Gasteiger partial charge in [-0.2, -0.15) is 0 Å². The average Bonchev–Trinajstić information content (AvgIpc) is 2.72. The van der Waals surface area contributed by atoms with Crippen LogP contribution in [0, 0.1) is 23.7 Å². The van der Waals surface area contributed by atoms with Gasteiger partial charge in [-0.05, 0) is 43.0 Å². The van der Waals surface area contributed by atoms with E-state index in [1.165, 1.54) is 31.8 Å². The molecule has 0 fully saturated rings. The first-order valence-electron chi connectivity index (χ1n) is 8.06. The molecule has 1 aromatic carbocycles. The molecule has 0 saturated heterocycles. The summed E-state index contributed by atoms with van der Waals surface area (Å²) in [5.74, 6) is 7.96. The molecular weight excluding hydrogens is 366 g/mol. The van der Waals surface area contributed by atoms with Crippen LogP contribution in [0.4, 0.5) is 0 Å². The van der Waals surface area contributed by atoms with Crippen molar-refractivity contribution in [2.75, 3.05) is 20.8 Å². The largest absolute Gasteiger partial charge is 0.393 e. The van der Waals surface area contributed by atoms with E-state index in [4.69, 9.17) is 15.1 Å². The molecule has 9 nitrogen and oxygen atoms in total. The molecular formula is C19H21N3O6. The number of methoxy groups -OCH3 is 1. The molecule has 0 aliphatic heterocycles. The number of benzene rings is 1. The molecule has 0 aliphatic carbocycles. The van der Waals surface area contributed by atoms with E-state index in [1.807, 2.05) is 0 Å². The highest BCUT2D eigenvalue weighted by Crippen LogP contribution is 2.09. The van der Waals surface area contributed by atoms with Crippen molar-refractivity contribution in [1.82, 2.24) is 16.1 Å². The number of amides is 3. The van der Waals surface area contributed by atoms with Gasteiger partial charge >= 0.3 is 0 Å². The molecule has 0 aromatic heterocycles. The van der Waals surface area contributed by atoms with Gasteiger partial charge in [-0.25, -0.2) is 5.48 Å². The third-order valence-corrected chi connectivity index (χ3v) is 3.70. The lowest BCUT2D eigenvalue weighted by Gasteiger charge is -2.26. The van der Waals surface area contributed by atoms with E-state index in [-0.39, 0.29) is 12.2 Å². The first kappa shape index (κ1) is 22.7. The van der Waals surface area contributed by atoms with Gasteiger partial charge in [-0.15, -0.1) is 0 Å². The Morgan fingerprint density at radius 3 is 2.32 bits per heavy atom. The van der Waals surface area contributed by atoms with Crippen LogP contribution in [-0.4, -0.2) is 60.4 Å². The highest BCUT2D eigenvalue weighted by molar-refractivity contribution is 6.12. The van der Waals surface area contributed by atoms with Crippen molar-refractivity contribution in [3.8, 4) is 23.7 Å². The molecule has 0 bridgehead atoms. The molecule has 0 heterocycles. The van der Waals surface area contributed by atoms with E-state index in [0.717, 1.165) is 6.92 Å². The summed E-state index contributed by atoms with van der Waals surface area (Å²) in [4.78, 5) is 36.1. The van der Waals surface area contributed by atoms with Gasteiger partial charge in [0, 0.05) is 25.3 Å². The number of aliphatic hydroxyl groups is 1. The van der Waals surface area contributed by atoms with Crippen LogP contribution in [0.2, 0.25) is 0 Å². The van der Waals surface area contributed by atoms with Gasteiger partial charge in [0.25, 0.3) is 17.7 Å². The predicted octanol–water partition coefficient (Wildman–Crippen LogP) is -1.21. The molecule has 2 atom stereocenters. The van der Waals surface area contributed by atoms with Crippen LogP contribution in [-0.2, 0) is 14.3 Å². The van der Waals surface area contributed by atoms with Gasteiger partial charge in [0.15, 0.2) is 5.54 Å². The van der Waals surface area contributed by atoms with Crippen molar-refractivity contribution in [3.05, 3.63) is 35.4 Å². The van der Waals surface area contributed by atoms with Crippen molar-refractivity contribution in [2.45, 2.75) is 18.6 Å². The van der Waals surface area contributed by atoms with Crippen LogP contribution in [0.5, 0.6) is 0 Å². The van der Waals surface area contributed by atoms with Crippen molar-refractivity contribution in [3.63, 3.8) is 0 Å². The Morgan fingerprint density at radius 2 is 1.82 bits per heavy atom. The first-order chi connectivity index (χ1) is 13.3. The topological polar surface area (TPSA) is 137 Å². The van der Waals surface area contributed by atoms with E-state index in [0.29, 0.717) is 5.56 Å². The molecule has 3 amide bonds. The molecule has 1 aromatic rings. The molecule has 0 aliphatic rings. The summed E-state index contributed by atoms with van der Waals surface area (Å²) in [6, 6.07) is 6.04. The average molecular weight is 387 g/mol. The fraction of sp³-hybridized carbons (Fsp3) is 0.316. The monoisotopic (exact) mass is 387 g/mol. The number of hydrogen-bond donors (Lipinski definition) is 5. The van der Waals surface area contributed by atoms with E-state index in [2.05, 4.69) is 34.3 Å². The number of aliphatic hydroxyl groups excluding tert-OH is 1. The zero-order chi connectivity index (χ0) is 21.2. The fourth-order valence-electron chi connectivity index (χ4n) is 1.98. The predicted molar refractivity (Wildman–Crippen MR) is 98.8 cm³/mol. The highest BCUT2D eigenvalue weighted by Gasteiger charge is 2.42. The normalized spacial score (nSPS) is 12.8. The summed E-state index contributed by atoms with van der Waals surface area (Å²) in [7, 11) is 2.72. The van der Waals surface area contributed by atoms with Crippen LogP contribution in [0.1, 0.15) is 22.8 Å². The minimum Gasteiger partial charge on any atom is -0.393 e. The van der Waals surface area contributed by atoms with Gasteiger partial charge < -0.3 is 20.5 Å². The number of nitrogens with one attached hydrogen (secondary N) is 3. The lowest BCUT2D eigenvalue weighted by molar-refractivity contribution is -0.143. The summed E-state index contributed by atoms with van der Waals surface area (Å²) in [5.41, 5.74) is 0.114. The van der Waals surface area contributed by atoms with E-state index < -0.39 is 29.4 Å². The quantitative estimate of drug-likeness (QED) is 0.180. The number of ether oxygens (including phenoxy) is 1. The molecule has 1 rings (SSSR count). The number of likely N-dealkylation sites (N-methyl/N-ethyl adjacent to an activating group) is 1. The highest BCUT2D eigenvalue weighted by atomic mass is 16.5. The number of carbonyl (C=O) groups excluding carboxylic acids is 3. The zero-order valence-electron chi connectivity index (χ0n) is 15.6. The molecule has 0 radical (unpaired) electrons. The maximum atomic E-state index is 12.4. The van der Waals surface area contributed by atoms with Crippen LogP contribution in [0.15, 0.2) is 24.3 Å². The number of rotatable bonds is 6. The molecule has 2 unspecified atom stereocenters. The maximum Gasteiger partial charge on any atom is 0.278 e. The SMILES string of the molecule is CNC(=O)C(C)(NC(=O)c1ccc(C#CC#CC(CO)OC)cc1)C(=O)NO. The first-order valence-corrected chi connectivity index (χ1v) is 8.06. The van der Waals surface area contributed by atoms with Gasteiger partial charge in [0.1, 0.15) is 6.10 Å². The summed E-state index contributed by atoms with van der Waals surface area (Å²) in [6.07, 6.45) is -0.605. The summed E-state index contributed by atoms with van der Waals surface area (Å²) in [5, 5.41) is 22.3. The minimum atomic E-state index is -2.00. The minimum absolute atomic E-state index is 0.178. The van der Waals surface area contributed by atoms with Crippen LogP contribution in [0.3, 0.4) is 0 Å². The second-order valence-electron chi connectivity index (χ2n) is 5.60. The Labute approximate surface area is 162 Å². The van der Waals surface area contributed by atoms with Crippen LogP contribution in [0.25, 0.3) is 0 Å². The molecule has 0 spiro atoms. The fourth-order valence-corrected chi connectivity index (χ4v) is 1.98. The smallest absolute Gasteiger partial charge is 0.278 e. The summed E-state index contributed by atoms with van der Waals surface area (Å²) < 4.78 is 4.88. The van der Waals surface area contributed by atoms with E-state index >= 15 is 0 Å². The molecule has 148 valence electrons. The van der Waals surface area contributed by atoms with E-state index in [9.17, 15) is 14.4 Å². The third-order valence-electron chi connectivity index (χ3n) is 3.70. The Hall–Kier alpha value is -3.37. The molecule has 9 heteroatoms. The molecule has 0 saturated carbocycles. The van der Waals surface area contributed by atoms with Crippen LogP contribution < -0.4 is 16.1 Å². The van der Waals surface area contributed by atoms with Crippen molar-refractivity contribution in [2.24, 2.45) is 0 Å². The third kappa shape index (κ3) is 5.83. The Bertz CT molecular complexity index is 822. The Morgan fingerprint density at radius 1 is 1.18 bits per heavy atom. The Balaban J connectivity index is 2.92. The second-order valence-corrected chi connectivity index (χ2v) is 5.60. The van der Waals surface area contributed by atoms with Gasteiger partial charge in [-0.3, -0.25) is 19.6 Å². The Kier molecular flexibility index (Phi) is 8.66.